The molecule has 25 heavy (non-hydrogen) atoms. The third-order valence-corrected chi connectivity index (χ3v) is 4.59. The molecule has 0 unspecified atom stereocenters. The lowest BCUT2D eigenvalue weighted by Gasteiger charge is -2.41. The van der Waals surface area contributed by atoms with Gasteiger partial charge in [-0.2, -0.15) is 0 Å². The maximum absolute atomic E-state index is 12.1. The minimum atomic E-state index is -0.0228. The molecule has 0 spiro atoms. The number of amides is 1. The summed E-state index contributed by atoms with van der Waals surface area (Å²) in [7, 11) is 1.67. The van der Waals surface area contributed by atoms with Crippen LogP contribution in [0.5, 0.6) is 5.75 Å². The van der Waals surface area contributed by atoms with Gasteiger partial charge in [-0.25, -0.2) is 9.97 Å². The van der Waals surface area contributed by atoms with Gasteiger partial charge in [0, 0.05) is 44.9 Å². The molecule has 6 nitrogen and oxygen atoms in total. The standard InChI is InChI=1S/C19H24N4O2/c1-14-20-9-8-16(21-14)12-22-10-11-23(15(2)24)18(13-22)17-6-4-5-7-19(17)25-3/h4-9,18H,10-13H2,1-3H3/t18-/m1/s1. The maximum Gasteiger partial charge on any atom is 0.220 e. The predicted octanol–water partition coefficient (Wildman–Crippen LogP) is 2.20. The molecule has 1 saturated heterocycles. The van der Waals surface area contributed by atoms with Crippen LogP contribution in [0, 0.1) is 6.92 Å². The van der Waals surface area contributed by atoms with Gasteiger partial charge >= 0.3 is 0 Å². The lowest BCUT2D eigenvalue weighted by molar-refractivity contribution is -0.134. The second kappa shape index (κ2) is 7.61. The third-order valence-electron chi connectivity index (χ3n) is 4.59. The average Bonchev–Trinajstić information content (AvgIpc) is 2.61. The second-order valence-electron chi connectivity index (χ2n) is 6.30. The molecule has 6 heteroatoms. The monoisotopic (exact) mass is 340 g/mol. The van der Waals surface area contributed by atoms with E-state index in [0.717, 1.165) is 42.5 Å². The molecule has 1 aromatic heterocycles. The largest absolute Gasteiger partial charge is 0.496 e. The summed E-state index contributed by atoms with van der Waals surface area (Å²) in [5, 5.41) is 0. The summed E-state index contributed by atoms with van der Waals surface area (Å²) >= 11 is 0. The topological polar surface area (TPSA) is 58.6 Å². The Morgan fingerprint density at radius 2 is 2.08 bits per heavy atom. The van der Waals surface area contributed by atoms with Crippen molar-refractivity contribution < 1.29 is 9.53 Å². The van der Waals surface area contributed by atoms with Crippen LogP contribution in [-0.4, -0.2) is 52.4 Å². The molecule has 3 rings (SSSR count). The highest BCUT2D eigenvalue weighted by atomic mass is 16.5. The highest BCUT2D eigenvalue weighted by Gasteiger charge is 2.31. The first-order chi connectivity index (χ1) is 12.1. The highest BCUT2D eigenvalue weighted by molar-refractivity contribution is 5.74. The van der Waals surface area contributed by atoms with Crippen molar-refractivity contribution in [3.05, 3.63) is 53.6 Å². The van der Waals surface area contributed by atoms with E-state index in [4.69, 9.17) is 4.74 Å². The Balaban J connectivity index is 1.83. The van der Waals surface area contributed by atoms with Gasteiger partial charge in [0.2, 0.25) is 5.91 Å². The Morgan fingerprint density at radius 1 is 1.28 bits per heavy atom. The van der Waals surface area contributed by atoms with Gasteiger partial charge < -0.3 is 9.64 Å². The van der Waals surface area contributed by atoms with E-state index < -0.39 is 0 Å². The molecule has 0 aliphatic carbocycles. The van der Waals surface area contributed by atoms with E-state index in [1.807, 2.05) is 42.2 Å². The molecule has 1 amide bonds. The minimum absolute atomic E-state index is 0.0228. The fraction of sp³-hybridized carbons (Fsp3) is 0.421. The van der Waals surface area contributed by atoms with Gasteiger partial charge in [0.25, 0.3) is 0 Å². The first-order valence-electron chi connectivity index (χ1n) is 8.49. The van der Waals surface area contributed by atoms with Crippen LogP contribution in [0.25, 0.3) is 0 Å². The quantitative estimate of drug-likeness (QED) is 0.854. The van der Waals surface area contributed by atoms with Crippen LogP contribution in [0.4, 0.5) is 0 Å². The maximum atomic E-state index is 12.1. The van der Waals surface area contributed by atoms with E-state index in [9.17, 15) is 4.79 Å². The average molecular weight is 340 g/mol. The van der Waals surface area contributed by atoms with Gasteiger partial charge in [-0.1, -0.05) is 18.2 Å². The van der Waals surface area contributed by atoms with Gasteiger partial charge in [0.1, 0.15) is 11.6 Å². The number of carbonyl (C=O) groups is 1. The first kappa shape index (κ1) is 17.4. The Bertz CT molecular complexity index is 750. The first-order valence-corrected chi connectivity index (χ1v) is 8.49. The van der Waals surface area contributed by atoms with Crippen LogP contribution in [0.15, 0.2) is 36.5 Å². The zero-order valence-electron chi connectivity index (χ0n) is 15.0. The van der Waals surface area contributed by atoms with Crippen molar-refractivity contribution in [1.82, 2.24) is 19.8 Å². The molecule has 1 fully saturated rings. The van der Waals surface area contributed by atoms with Gasteiger partial charge in [0.05, 0.1) is 18.8 Å². The molecule has 1 aromatic carbocycles. The van der Waals surface area contributed by atoms with Crippen molar-refractivity contribution in [1.29, 1.82) is 0 Å². The predicted molar refractivity (Wildman–Crippen MR) is 95.2 cm³/mol. The van der Waals surface area contributed by atoms with Crippen molar-refractivity contribution in [2.45, 2.75) is 26.4 Å². The van der Waals surface area contributed by atoms with Crippen molar-refractivity contribution in [2.24, 2.45) is 0 Å². The molecule has 0 saturated carbocycles. The second-order valence-corrected chi connectivity index (χ2v) is 6.30. The Labute approximate surface area is 148 Å². The number of carbonyl (C=O) groups excluding carboxylic acids is 1. The summed E-state index contributed by atoms with van der Waals surface area (Å²) in [5.74, 6) is 1.69. The van der Waals surface area contributed by atoms with Gasteiger partial charge in [-0.05, 0) is 19.1 Å². The number of aromatic nitrogens is 2. The van der Waals surface area contributed by atoms with Crippen LogP contribution >= 0.6 is 0 Å². The molecule has 1 aliphatic heterocycles. The zero-order valence-corrected chi connectivity index (χ0v) is 15.0. The smallest absolute Gasteiger partial charge is 0.220 e. The zero-order chi connectivity index (χ0) is 17.8. The molecule has 0 bridgehead atoms. The number of piperazine rings is 1. The molecular weight excluding hydrogens is 316 g/mol. The molecule has 2 aromatic rings. The fourth-order valence-corrected chi connectivity index (χ4v) is 3.39. The van der Waals surface area contributed by atoms with E-state index in [0.29, 0.717) is 6.54 Å². The van der Waals surface area contributed by atoms with Gasteiger partial charge in [0.15, 0.2) is 0 Å². The van der Waals surface area contributed by atoms with Crippen molar-refractivity contribution >= 4 is 5.91 Å². The van der Waals surface area contributed by atoms with E-state index in [2.05, 4.69) is 14.9 Å². The molecule has 0 radical (unpaired) electrons. The van der Waals surface area contributed by atoms with Gasteiger partial charge in [-0.15, -0.1) is 0 Å². The lowest BCUT2D eigenvalue weighted by atomic mass is 10.0. The third kappa shape index (κ3) is 3.96. The summed E-state index contributed by atoms with van der Waals surface area (Å²) in [6.07, 6.45) is 1.79. The number of hydrogen-bond acceptors (Lipinski definition) is 5. The summed E-state index contributed by atoms with van der Waals surface area (Å²) in [5.41, 5.74) is 2.05. The number of benzene rings is 1. The van der Waals surface area contributed by atoms with E-state index in [1.54, 1.807) is 20.2 Å². The van der Waals surface area contributed by atoms with E-state index >= 15 is 0 Å². The van der Waals surface area contributed by atoms with Crippen LogP contribution in [0.2, 0.25) is 0 Å². The van der Waals surface area contributed by atoms with Crippen LogP contribution in [-0.2, 0) is 11.3 Å². The number of methoxy groups -OCH3 is 1. The lowest BCUT2D eigenvalue weighted by Crippen LogP contribution is -2.49. The van der Waals surface area contributed by atoms with Crippen LogP contribution in [0.1, 0.15) is 30.0 Å². The van der Waals surface area contributed by atoms with E-state index in [-0.39, 0.29) is 11.9 Å². The van der Waals surface area contributed by atoms with Gasteiger partial charge in [-0.3, -0.25) is 9.69 Å². The Hall–Kier alpha value is -2.47. The molecule has 132 valence electrons. The number of rotatable bonds is 4. The fourth-order valence-electron chi connectivity index (χ4n) is 3.39. The number of hydrogen-bond donors (Lipinski definition) is 0. The van der Waals surface area contributed by atoms with Crippen LogP contribution in [0.3, 0.4) is 0 Å². The van der Waals surface area contributed by atoms with E-state index in [1.165, 1.54) is 0 Å². The highest BCUT2D eigenvalue weighted by Crippen LogP contribution is 2.32. The molecule has 1 aliphatic rings. The summed E-state index contributed by atoms with van der Waals surface area (Å²) < 4.78 is 5.52. The molecule has 1 atom stereocenters. The number of ether oxygens (including phenoxy) is 1. The number of para-hydroxylation sites is 1. The number of nitrogens with zero attached hydrogens (tertiary/aromatic N) is 4. The Morgan fingerprint density at radius 3 is 2.80 bits per heavy atom. The molecular formula is C19H24N4O2. The Kier molecular flexibility index (Phi) is 5.28. The number of aryl methyl sites for hydroxylation is 1. The molecule has 0 N–H and O–H groups in total. The summed E-state index contributed by atoms with van der Waals surface area (Å²) in [6, 6.07) is 9.85. The molecule has 2 heterocycles. The van der Waals surface area contributed by atoms with Crippen LogP contribution < -0.4 is 4.74 Å². The van der Waals surface area contributed by atoms with Crippen molar-refractivity contribution in [2.75, 3.05) is 26.7 Å². The summed E-state index contributed by atoms with van der Waals surface area (Å²) in [4.78, 5) is 25.0. The summed E-state index contributed by atoms with van der Waals surface area (Å²) in [6.45, 7) is 6.56. The SMILES string of the molecule is COc1ccccc1[C@H]1CN(Cc2ccnc(C)n2)CCN1C(C)=O. The van der Waals surface area contributed by atoms with Crippen molar-refractivity contribution in [3.63, 3.8) is 0 Å². The normalized spacial score (nSPS) is 18.2. The minimum Gasteiger partial charge on any atom is -0.496 e. The van der Waals surface area contributed by atoms with Crippen molar-refractivity contribution in [3.8, 4) is 5.75 Å².